The Labute approximate surface area is 97.8 Å². The van der Waals surface area contributed by atoms with Gasteiger partial charge in [0.15, 0.2) is 0 Å². The molecule has 16 heavy (non-hydrogen) atoms. The van der Waals surface area contributed by atoms with Crippen molar-refractivity contribution in [3.05, 3.63) is 0 Å². The summed E-state index contributed by atoms with van der Waals surface area (Å²) >= 11 is 0. The average molecular weight is 225 g/mol. The van der Waals surface area contributed by atoms with Crippen molar-refractivity contribution in [3.8, 4) is 0 Å². The summed E-state index contributed by atoms with van der Waals surface area (Å²) in [5, 5.41) is 0. The highest BCUT2D eigenvalue weighted by molar-refractivity contribution is 5.79. The van der Waals surface area contributed by atoms with E-state index in [1.54, 1.807) is 0 Å². The molecule has 92 valence electrons. The first-order valence-electron chi connectivity index (χ1n) is 6.31. The minimum absolute atomic E-state index is 0.164. The molecule has 4 nitrogen and oxygen atoms in total. The number of hydrogen-bond acceptors (Lipinski definition) is 3. The molecule has 0 aromatic carbocycles. The summed E-state index contributed by atoms with van der Waals surface area (Å²) in [7, 11) is 2.08. The Kier molecular flexibility index (Phi) is 3.50. The van der Waals surface area contributed by atoms with Crippen molar-refractivity contribution >= 4 is 5.91 Å². The lowest BCUT2D eigenvalue weighted by molar-refractivity contribution is -0.136. The zero-order chi connectivity index (χ0) is 11.7. The first-order chi connectivity index (χ1) is 7.58. The van der Waals surface area contributed by atoms with Crippen LogP contribution in [0.25, 0.3) is 0 Å². The van der Waals surface area contributed by atoms with Crippen molar-refractivity contribution in [2.75, 3.05) is 33.2 Å². The molecule has 2 aliphatic heterocycles. The van der Waals surface area contributed by atoms with Crippen molar-refractivity contribution in [2.24, 2.45) is 17.6 Å². The molecule has 0 bridgehead atoms. The highest BCUT2D eigenvalue weighted by Gasteiger charge is 2.33. The van der Waals surface area contributed by atoms with E-state index < -0.39 is 0 Å². The van der Waals surface area contributed by atoms with Gasteiger partial charge in [-0.3, -0.25) is 4.79 Å². The van der Waals surface area contributed by atoms with Gasteiger partial charge in [-0.2, -0.15) is 0 Å². The molecule has 0 saturated carbocycles. The predicted molar refractivity (Wildman–Crippen MR) is 63.9 cm³/mol. The van der Waals surface area contributed by atoms with E-state index in [0.29, 0.717) is 11.8 Å². The number of amides is 1. The van der Waals surface area contributed by atoms with Gasteiger partial charge in [0.25, 0.3) is 0 Å². The van der Waals surface area contributed by atoms with Crippen molar-refractivity contribution in [1.29, 1.82) is 0 Å². The molecule has 3 unspecified atom stereocenters. The normalized spacial score (nSPS) is 36.7. The molecule has 2 fully saturated rings. The summed E-state index contributed by atoms with van der Waals surface area (Å²) in [5.74, 6) is 1.09. The highest BCUT2D eigenvalue weighted by atomic mass is 16.2. The Morgan fingerprint density at radius 1 is 1.25 bits per heavy atom. The lowest BCUT2D eigenvalue weighted by Gasteiger charge is -2.36. The summed E-state index contributed by atoms with van der Waals surface area (Å²) in [6.45, 7) is 5.79. The van der Waals surface area contributed by atoms with Gasteiger partial charge in [-0.25, -0.2) is 0 Å². The largest absolute Gasteiger partial charge is 0.341 e. The third kappa shape index (κ3) is 2.38. The second-order valence-corrected chi connectivity index (χ2v) is 5.46. The van der Waals surface area contributed by atoms with Crippen LogP contribution in [0.1, 0.15) is 19.8 Å². The molecule has 0 radical (unpaired) electrons. The maximum absolute atomic E-state index is 12.2. The molecule has 0 spiro atoms. The predicted octanol–water partition coefficient (Wildman–Crippen LogP) is 0.134. The third-order valence-electron chi connectivity index (χ3n) is 4.07. The first kappa shape index (κ1) is 11.9. The molecule has 2 N–H and O–H groups in total. The Morgan fingerprint density at radius 2 is 2.00 bits per heavy atom. The molecule has 2 rings (SSSR count). The van der Waals surface area contributed by atoms with Crippen LogP contribution in [0.3, 0.4) is 0 Å². The molecule has 2 heterocycles. The molecule has 1 amide bonds. The van der Waals surface area contributed by atoms with Gasteiger partial charge < -0.3 is 15.5 Å². The van der Waals surface area contributed by atoms with Gasteiger partial charge in [0.05, 0.1) is 5.92 Å². The summed E-state index contributed by atoms with van der Waals surface area (Å²) in [4.78, 5) is 16.5. The molecule has 0 aromatic heterocycles. The quantitative estimate of drug-likeness (QED) is 0.690. The molecule has 0 aliphatic carbocycles. The lowest BCUT2D eigenvalue weighted by atomic mass is 9.93. The smallest absolute Gasteiger partial charge is 0.227 e. The standard InChI is InChI=1S/C12H23N3O/c1-9-3-6-15(8-11(9)13)12(16)10-4-5-14(2)7-10/h9-11H,3-8,13H2,1-2H3. The molecule has 2 saturated heterocycles. The van der Waals surface area contributed by atoms with Crippen molar-refractivity contribution < 1.29 is 4.79 Å². The van der Waals surface area contributed by atoms with Gasteiger partial charge in [-0.05, 0) is 32.4 Å². The number of likely N-dealkylation sites (tertiary alicyclic amines) is 2. The fraction of sp³-hybridized carbons (Fsp3) is 0.917. The molecular weight excluding hydrogens is 202 g/mol. The minimum atomic E-state index is 0.164. The molecular formula is C12H23N3O. The number of piperidine rings is 1. The van der Waals surface area contributed by atoms with Crippen LogP contribution in [0.15, 0.2) is 0 Å². The van der Waals surface area contributed by atoms with Gasteiger partial charge in [0.2, 0.25) is 5.91 Å². The fourth-order valence-corrected chi connectivity index (χ4v) is 2.69. The number of carbonyl (C=O) groups excluding carboxylic acids is 1. The van der Waals surface area contributed by atoms with Crippen molar-refractivity contribution in [3.63, 3.8) is 0 Å². The van der Waals surface area contributed by atoms with Crippen LogP contribution in [0.4, 0.5) is 0 Å². The van der Waals surface area contributed by atoms with Crippen LogP contribution in [-0.4, -0.2) is 55.0 Å². The molecule has 4 heteroatoms. The summed E-state index contributed by atoms with van der Waals surface area (Å²) in [6.07, 6.45) is 2.06. The van der Waals surface area contributed by atoms with Gasteiger partial charge in [0.1, 0.15) is 0 Å². The van der Waals surface area contributed by atoms with Gasteiger partial charge >= 0.3 is 0 Å². The van der Waals surface area contributed by atoms with Gasteiger partial charge in [-0.1, -0.05) is 6.92 Å². The van der Waals surface area contributed by atoms with Crippen LogP contribution >= 0.6 is 0 Å². The maximum atomic E-state index is 12.2. The molecule has 3 atom stereocenters. The van der Waals surface area contributed by atoms with Gasteiger partial charge in [-0.15, -0.1) is 0 Å². The number of nitrogens with zero attached hydrogens (tertiary/aromatic N) is 2. The van der Waals surface area contributed by atoms with Crippen molar-refractivity contribution in [2.45, 2.75) is 25.8 Å². The topological polar surface area (TPSA) is 49.6 Å². The van der Waals surface area contributed by atoms with E-state index in [1.165, 1.54) is 0 Å². The van der Waals surface area contributed by atoms with Crippen LogP contribution < -0.4 is 5.73 Å². The van der Waals surface area contributed by atoms with Crippen molar-refractivity contribution in [1.82, 2.24) is 9.80 Å². The van der Waals surface area contributed by atoms with E-state index in [0.717, 1.165) is 39.0 Å². The number of carbonyl (C=O) groups is 1. The van der Waals surface area contributed by atoms with E-state index in [1.807, 2.05) is 4.90 Å². The zero-order valence-corrected chi connectivity index (χ0v) is 10.4. The van der Waals surface area contributed by atoms with Crippen LogP contribution in [0, 0.1) is 11.8 Å². The third-order valence-corrected chi connectivity index (χ3v) is 4.07. The van der Waals surface area contributed by atoms with E-state index in [9.17, 15) is 4.79 Å². The Hall–Kier alpha value is -0.610. The molecule has 2 aliphatic rings. The first-order valence-corrected chi connectivity index (χ1v) is 6.31. The monoisotopic (exact) mass is 225 g/mol. The van der Waals surface area contributed by atoms with E-state index >= 15 is 0 Å². The second kappa shape index (κ2) is 4.72. The molecule has 0 aromatic rings. The van der Waals surface area contributed by atoms with E-state index in [4.69, 9.17) is 5.73 Å². The second-order valence-electron chi connectivity index (χ2n) is 5.46. The number of rotatable bonds is 1. The Balaban J connectivity index is 1.90. The van der Waals surface area contributed by atoms with E-state index in [-0.39, 0.29) is 12.0 Å². The Bertz CT molecular complexity index is 269. The lowest BCUT2D eigenvalue weighted by Crippen LogP contribution is -2.51. The Morgan fingerprint density at radius 3 is 2.56 bits per heavy atom. The van der Waals surface area contributed by atoms with E-state index in [2.05, 4.69) is 18.9 Å². The minimum Gasteiger partial charge on any atom is -0.341 e. The average Bonchev–Trinajstić information content (AvgIpc) is 2.68. The highest BCUT2D eigenvalue weighted by Crippen LogP contribution is 2.21. The number of hydrogen-bond donors (Lipinski definition) is 1. The van der Waals surface area contributed by atoms with Gasteiger partial charge in [0, 0.05) is 25.7 Å². The van der Waals surface area contributed by atoms with Crippen LogP contribution in [0.5, 0.6) is 0 Å². The SMILES string of the molecule is CC1CCN(C(=O)C2CCN(C)C2)CC1N. The summed E-state index contributed by atoms with van der Waals surface area (Å²) in [6, 6.07) is 0.164. The fourth-order valence-electron chi connectivity index (χ4n) is 2.69. The zero-order valence-electron chi connectivity index (χ0n) is 10.4. The number of nitrogens with two attached hydrogens (primary N) is 1. The van der Waals surface area contributed by atoms with Crippen LogP contribution in [0.2, 0.25) is 0 Å². The summed E-state index contributed by atoms with van der Waals surface area (Å²) in [5.41, 5.74) is 6.03. The summed E-state index contributed by atoms with van der Waals surface area (Å²) < 4.78 is 0. The maximum Gasteiger partial charge on any atom is 0.227 e. The van der Waals surface area contributed by atoms with Crippen LogP contribution in [-0.2, 0) is 4.79 Å².